The van der Waals surface area contributed by atoms with Gasteiger partial charge in [0.15, 0.2) is 0 Å². The lowest BCUT2D eigenvalue weighted by Gasteiger charge is -2.36. The molecular weight excluding hydrogens is 789 g/mol. The topological polar surface area (TPSA) is 192 Å². The highest BCUT2D eigenvalue weighted by Crippen LogP contribution is 2.38. The van der Waals surface area contributed by atoms with E-state index in [9.17, 15) is 24.0 Å². The molecule has 3 fully saturated rings. The zero-order chi connectivity index (χ0) is 42.7. The van der Waals surface area contributed by atoms with Crippen LogP contribution in [0.15, 0.2) is 61.2 Å². The molecule has 1 aliphatic carbocycles. The highest BCUT2D eigenvalue weighted by molar-refractivity contribution is 6.05. The van der Waals surface area contributed by atoms with E-state index >= 15 is 0 Å². The van der Waals surface area contributed by atoms with Gasteiger partial charge >= 0.3 is 6.03 Å². The second kappa shape index (κ2) is 17.8. The van der Waals surface area contributed by atoms with E-state index in [0.717, 1.165) is 66.7 Å². The van der Waals surface area contributed by atoms with Crippen LogP contribution in [0.5, 0.6) is 0 Å². The Labute approximate surface area is 359 Å². The third-order valence-corrected chi connectivity index (χ3v) is 12.7. The Morgan fingerprint density at radius 3 is 2.53 bits per heavy atom. The first-order valence-corrected chi connectivity index (χ1v) is 21.9. The predicted octanol–water partition coefficient (Wildman–Crippen LogP) is 5.66. The minimum absolute atomic E-state index is 0.176. The summed E-state index contributed by atoms with van der Waals surface area (Å²) in [5.41, 5.74) is 7.97. The van der Waals surface area contributed by atoms with Gasteiger partial charge in [-0.1, -0.05) is 30.9 Å². The molecule has 9 rings (SSSR count). The van der Waals surface area contributed by atoms with Gasteiger partial charge in [-0.05, 0) is 86.6 Å². The van der Waals surface area contributed by atoms with Crippen molar-refractivity contribution in [2.24, 2.45) is 0 Å². The molecule has 3 aliphatic heterocycles. The van der Waals surface area contributed by atoms with E-state index in [1.165, 1.54) is 12.8 Å². The molecule has 1 atom stereocenters. The van der Waals surface area contributed by atoms with E-state index in [1.54, 1.807) is 17.3 Å². The van der Waals surface area contributed by atoms with Gasteiger partial charge in [0.2, 0.25) is 17.7 Å². The standard InChI is InChI=1S/C45H52N12O5/c1-29-23-32(48-45(62)49-35-26-46-38-11-8-18-56(38)42(35)30-9-5-6-10-30)25-47-41(29)36-28-55(52-51-36)17-7-3-2-4-12-40(59)54-21-19-53(20-22-54)33-13-14-34-31(24-33)27-57(44(34)61)37-15-16-39(58)50-43(37)60/h8,11,13-14,18,23-26,28,30,37H,2-7,9-10,12,15-17,19-22,27H2,1H3,(H2,48,49,62)(H,50,58,60). The number of aromatic nitrogens is 6. The Morgan fingerprint density at radius 1 is 0.903 bits per heavy atom. The molecule has 62 heavy (non-hydrogen) atoms. The van der Waals surface area contributed by atoms with Gasteiger partial charge in [0.25, 0.3) is 5.91 Å². The van der Waals surface area contributed by atoms with E-state index in [2.05, 4.69) is 45.5 Å². The predicted molar refractivity (Wildman–Crippen MR) is 231 cm³/mol. The molecule has 17 nitrogen and oxygen atoms in total. The van der Waals surface area contributed by atoms with Gasteiger partial charge in [0, 0.05) is 75.5 Å². The Balaban J connectivity index is 0.685. The molecule has 7 heterocycles. The average Bonchev–Trinajstić information content (AvgIpc) is 4.11. The van der Waals surface area contributed by atoms with Gasteiger partial charge < -0.3 is 29.7 Å². The van der Waals surface area contributed by atoms with Crippen LogP contribution < -0.4 is 20.9 Å². The third kappa shape index (κ3) is 8.60. The summed E-state index contributed by atoms with van der Waals surface area (Å²) in [6, 6.07) is 10.6. The van der Waals surface area contributed by atoms with Crippen LogP contribution in [-0.4, -0.2) is 101 Å². The minimum atomic E-state index is -0.634. The van der Waals surface area contributed by atoms with Crippen LogP contribution >= 0.6 is 0 Å². The van der Waals surface area contributed by atoms with E-state index < -0.39 is 11.9 Å². The number of anilines is 3. The molecule has 1 saturated carbocycles. The minimum Gasteiger partial charge on any atom is -0.368 e. The van der Waals surface area contributed by atoms with Crippen LogP contribution in [-0.2, 0) is 27.5 Å². The van der Waals surface area contributed by atoms with Crippen LogP contribution in [0.1, 0.15) is 104 Å². The van der Waals surface area contributed by atoms with E-state index in [-0.39, 0.29) is 30.2 Å². The number of unbranched alkanes of at least 4 members (excludes halogenated alkanes) is 3. The number of aryl methyl sites for hydroxylation is 2. The number of nitrogens with zero attached hydrogens (tertiary/aromatic N) is 9. The van der Waals surface area contributed by atoms with Crippen molar-refractivity contribution in [2.45, 2.75) is 103 Å². The summed E-state index contributed by atoms with van der Waals surface area (Å²) in [6.07, 6.45) is 16.6. The lowest BCUT2D eigenvalue weighted by atomic mass is 10.0. The van der Waals surface area contributed by atoms with E-state index in [1.807, 2.05) is 65.3 Å². The van der Waals surface area contributed by atoms with Crippen LogP contribution in [0.4, 0.5) is 21.9 Å². The van der Waals surface area contributed by atoms with Crippen molar-refractivity contribution in [2.75, 3.05) is 41.7 Å². The molecule has 1 unspecified atom stereocenters. The van der Waals surface area contributed by atoms with Gasteiger partial charge in [-0.3, -0.25) is 34.2 Å². The first-order chi connectivity index (χ1) is 30.2. The molecule has 0 spiro atoms. The lowest BCUT2D eigenvalue weighted by Crippen LogP contribution is -2.52. The summed E-state index contributed by atoms with van der Waals surface area (Å²) < 4.78 is 3.91. The Bertz CT molecular complexity index is 2520. The molecule has 5 aromatic rings. The largest absolute Gasteiger partial charge is 0.368 e. The van der Waals surface area contributed by atoms with Crippen LogP contribution in [0.2, 0.25) is 0 Å². The molecule has 4 aromatic heterocycles. The number of pyridine rings is 1. The van der Waals surface area contributed by atoms with Gasteiger partial charge in [0.05, 0.1) is 41.4 Å². The summed E-state index contributed by atoms with van der Waals surface area (Å²) >= 11 is 0. The van der Waals surface area contributed by atoms with Crippen molar-refractivity contribution < 1.29 is 24.0 Å². The van der Waals surface area contributed by atoms with E-state index in [4.69, 9.17) is 0 Å². The summed E-state index contributed by atoms with van der Waals surface area (Å²) in [7, 11) is 0. The van der Waals surface area contributed by atoms with Crippen molar-refractivity contribution in [3.8, 4) is 11.4 Å². The second-order valence-corrected chi connectivity index (χ2v) is 16.9. The van der Waals surface area contributed by atoms with Crippen molar-refractivity contribution in [1.29, 1.82) is 0 Å². The number of urea groups is 1. The van der Waals surface area contributed by atoms with Crippen LogP contribution in [0.3, 0.4) is 0 Å². The van der Waals surface area contributed by atoms with Crippen LogP contribution in [0, 0.1) is 6.92 Å². The Hall–Kier alpha value is -6.65. The highest BCUT2D eigenvalue weighted by atomic mass is 16.2. The number of piperazine rings is 1. The monoisotopic (exact) mass is 840 g/mol. The Morgan fingerprint density at radius 2 is 1.73 bits per heavy atom. The van der Waals surface area contributed by atoms with Gasteiger partial charge in [-0.25, -0.2) is 9.78 Å². The Kier molecular flexibility index (Phi) is 11.7. The number of nitrogens with one attached hydrogen (secondary N) is 3. The first-order valence-electron chi connectivity index (χ1n) is 21.9. The molecule has 2 saturated heterocycles. The number of benzene rings is 1. The molecule has 6 amide bonds. The summed E-state index contributed by atoms with van der Waals surface area (Å²) in [5, 5.41) is 17.0. The molecule has 3 N–H and O–H groups in total. The smallest absolute Gasteiger partial charge is 0.323 e. The maximum Gasteiger partial charge on any atom is 0.323 e. The van der Waals surface area contributed by atoms with Gasteiger partial charge in [-0.15, -0.1) is 5.10 Å². The summed E-state index contributed by atoms with van der Waals surface area (Å²) in [4.78, 5) is 78.2. The van der Waals surface area contributed by atoms with Gasteiger partial charge in [-0.2, -0.15) is 0 Å². The number of rotatable bonds is 13. The van der Waals surface area contributed by atoms with Crippen molar-refractivity contribution in [1.82, 2.24) is 44.5 Å². The fraction of sp³-hybridized carbons (Fsp3) is 0.444. The number of hydrogen-bond donors (Lipinski definition) is 3. The molecule has 0 bridgehead atoms. The first kappa shape index (κ1) is 40.7. The summed E-state index contributed by atoms with van der Waals surface area (Å²) in [5.74, 6) is -0.339. The maximum absolute atomic E-state index is 13.2. The fourth-order valence-corrected chi connectivity index (χ4v) is 9.46. The van der Waals surface area contributed by atoms with Crippen molar-refractivity contribution in [3.05, 3.63) is 83.6 Å². The van der Waals surface area contributed by atoms with Crippen molar-refractivity contribution in [3.63, 3.8) is 0 Å². The number of hydrogen-bond acceptors (Lipinski definition) is 10. The molecular formula is C45H52N12O5. The van der Waals surface area contributed by atoms with Crippen molar-refractivity contribution >= 4 is 52.4 Å². The van der Waals surface area contributed by atoms with Gasteiger partial charge in [0.1, 0.15) is 17.4 Å². The molecule has 0 radical (unpaired) electrons. The number of fused-ring (bicyclic) bond motifs is 2. The lowest BCUT2D eigenvalue weighted by molar-refractivity contribution is -0.137. The number of amides is 6. The molecule has 17 heteroatoms. The zero-order valence-corrected chi connectivity index (χ0v) is 35.0. The quantitative estimate of drug-likeness (QED) is 0.0985. The second-order valence-electron chi connectivity index (χ2n) is 16.9. The molecule has 1 aromatic carbocycles. The molecule has 4 aliphatic rings. The highest BCUT2D eigenvalue weighted by Gasteiger charge is 2.39. The zero-order valence-electron chi connectivity index (χ0n) is 35.0. The number of piperidine rings is 1. The van der Waals surface area contributed by atoms with E-state index in [0.29, 0.717) is 86.4 Å². The fourth-order valence-electron chi connectivity index (χ4n) is 9.46. The van der Waals surface area contributed by atoms with Crippen LogP contribution in [0.25, 0.3) is 17.0 Å². The normalized spacial score (nSPS) is 18.1. The molecule has 322 valence electrons. The number of carbonyl (C=O) groups excluding carboxylic acids is 5. The SMILES string of the molecule is Cc1cc(NC(=O)Nc2cnc3cccn3c2C2CCCC2)cnc1-c1cn(CCCCCCC(=O)N2CCN(c3ccc4c(c3)CN(C3CCC(=O)NC3=O)C4=O)CC2)nn1. The third-order valence-electron chi connectivity index (χ3n) is 12.7. The maximum atomic E-state index is 13.2. The average molecular weight is 841 g/mol. The summed E-state index contributed by atoms with van der Waals surface area (Å²) in [6.45, 7) is 5.67. The number of imide groups is 1. The number of carbonyl (C=O) groups is 5.